The SMILES string of the molecule is O=C(NCCN1CCN(C(=O)c2cc3ccccc3[nH]2)CC1)c1ccsc1. The molecule has 2 aromatic heterocycles. The maximum Gasteiger partial charge on any atom is 0.270 e. The van der Waals surface area contributed by atoms with Crippen molar-refractivity contribution in [1.29, 1.82) is 0 Å². The van der Waals surface area contributed by atoms with Crippen molar-refractivity contribution in [2.75, 3.05) is 39.3 Å². The summed E-state index contributed by atoms with van der Waals surface area (Å²) >= 11 is 1.52. The van der Waals surface area contributed by atoms with Crippen LogP contribution in [-0.4, -0.2) is 65.9 Å². The fourth-order valence-electron chi connectivity index (χ4n) is 3.36. The van der Waals surface area contributed by atoms with E-state index in [1.807, 2.05) is 52.1 Å². The maximum atomic E-state index is 12.7. The Bertz CT molecular complexity index is 894. The van der Waals surface area contributed by atoms with Gasteiger partial charge in [-0.1, -0.05) is 18.2 Å². The van der Waals surface area contributed by atoms with Gasteiger partial charge in [-0.3, -0.25) is 14.5 Å². The molecule has 1 aromatic carbocycles. The fraction of sp³-hybridized carbons (Fsp3) is 0.300. The molecule has 0 unspecified atom stereocenters. The van der Waals surface area contributed by atoms with Crippen LogP contribution in [0.25, 0.3) is 10.9 Å². The van der Waals surface area contributed by atoms with Gasteiger partial charge >= 0.3 is 0 Å². The topological polar surface area (TPSA) is 68.4 Å². The number of H-pyrrole nitrogens is 1. The number of hydrogen-bond donors (Lipinski definition) is 2. The Morgan fingerprint density at radius 2 is 1.93 bits per heavy atom. The van der Waals surface area contributed by atoms with Crippen molar-refractivity contribution in [2.24, 2.45) is 0 Å². The molecule has 1 fully saturated rings. The molecule has 27 heavy (non-hydrogen) atoms. The first-order valence-electron chi connectivity index (χ1n) is 9.10. The molecule has 140 valence electrons. The Morgan fingerprint density at radius 1 is 1.11 bits per heavy atom. The fourth-order valence-corrected chi connectivity index (χ4v) is 3.99. The zero-order valence-corrected chi connectivity index (χ0v) is 15.8. The third-order valence-corrected chi connectivity index (χ3v) is 5.60. The molecular formula is C20H22N4O2S. The number of carbonyl (C=O) groups excluding carboxylic acids is 2. The molecule has 2 amide bonds. The van der Waals surface area contributed by atoms with E-state index in [0.717, 1.165) is 30.5 Å². The van der Waals surface area contributed by atoms with Gasteiger partial charge in [-0.2, -0.15) is 11.3 Å². The van der Waals surface area contributed by atoms with Gasteiger partial charge in [0.2, 0.25) is 0 Å². The van der Waals surface area contributed by atoms with Crippen molar-refractivity contribution in [3.05, 3.63) is 58.4 Å². The summed E-state index contributed by atoms with van der Waals surface area (Å²) in [6.45, 7) is 4.45. The molecule has 0 atom stereocenters. The van der Waals surface area contributed by atoms with Crippen LogP contribution in [0.3, 0.4) is 0 Å². The number of benzene rings is 1. The average Bonchev–Trinajstić information content (AvgIpc) is 3.37. The summed E-state index contributed by atoms with van der Waals surface area (Å²) in [7, 11) is 0. The predicted octanol–water partition coefficient (Wildman–Crippen LogP) is 2.42. The van der Waals surface area contributed by atoms with Crippen molar-refractivity contribution < 1.29 is 9.59 Å². The van der Waals surface area contributed by atoms with Gasteiger partial charge in [-0.05, 0) is 23.6 Å². The lowest BCUT2D eigenvalue weighted by molar-refractivity contribution is 0.0633. The lowest BCUT2D eigenvalue weighted by atomic mass is 10.2. The standard InChI is InChI=1S/C20H22N4O2S/c25-19(16-5-12-27-14-16)21-6-7-23-8-10-24(11-9-23)20(26)18-13-15-3-1-2-4-17(15)22-18/h1-5,12-14,22H,6-11H2,(H,21,25). The maximum absolute atomic E-state index is 12.7. The van der Waals surface area contributed by atoms with Crippen LogP contribution in [-0.2, 0) is 0 Å². The summed E-state index contributed by atoms with van der Waals surface area (Å²) in [5, 5.41) is 7.76. The van der Waals surface area contributed by atoms with Gasteiger partial charge in [0.15, 0.2) is 0 Å². The first-order valence-corrected chi connectivity index (χ1v) is 10.0. The predicted molar refractivity (Wildman–Crippen MR) is 107 cm³/mol. The number of hydrogen-bond acceptors (Lipinski definition) is 4. The summed E-state index contributed by atoms with van der Waals surface area (Å²) in [5.41, 5.74) is 2.35. The van der Waals surface area contributed by atoms with E-state index in [1.54, 1.807) is 0 Å². The van der Waals surface area contributed by atoms with Gasteiger partial charge in [-0.15, -0.1) is 0 Å². The van der Waals surface area contributed by atoms with Crippen molar-refractivity contribution in [1.82, 2.24) is 20.1 Å². The van der Waals surface area contributed by atoms with Gasteiger partial charge in [0, 0.05) is 61.1 Å². The quantitative estimate of drug-likeness (QED) is 0.712. The van der Waals surface area contributed by atoms with Crippen molar-refractivity contribution in [3.8, 4) is 0 Å². The van der Waals surface area contributed by atoms with Gasteiger partial charge in [0.05, 0.1) is 0 Å². The van der Waals surface area contributed by atoms with Crippen molar-refractivity contribution in [3.63, 3.8) is 0 Å². The second kappa shape index (κ2) is 7.94. The van der Waals surface area contributed by atoms with Gasteiger partial charge < -0.3 is 15.2 Å². The molecule has 6 nitrogen and oxygen atoms in total. The minimum absolute atomic E-state index is 0.0242. The molecule has 2 N–H and O–H groups in total. The number of fused-ring (bicyclic) bond motifs is 1. The average molecular weight is 382 g/mol. The van der Waals surface area contributed by atoms with Crippen LogP contribution < -0.4 is 5.32 Å². The number of aromatic nitrogens is 1. The van der Waals surface area contributed by atoms with E-state index in [1.165, 1.54) is 11.3 Å². The summed E-state index contributed by atoms with van der Waals surface area (Å²) < 4.78 is 0. The Labute approximate surface area is 161 Å². The molecule has 1 aliphatic rings. The van der Waals surface area contributed by atoms with Gasteiger partial charge in [0.25, 0.3) is 11.8 Å². The van der Waals surface area contributed by atoms with Crippen LogP contribution in [0.15, 0.2) is 47.2 Å². The van der Waals surface area contributed by atoms with E-state index in [4.69, 9.17) is 0 Å². The summed E-state index contributed by atoms with van der Waals surface area (Å²) in [6, 6.07) is 11.7. The minimum Gasteiger partial charge on any atom is -0.351 e. The van der Waals surface area contributed by atoms with Gasteiger partial charge in [-0.25, -0.2) is 0 Å². The monoisotopic (exact) mass is 382 g/mol. The molecule has 1 aliphatic heterocycles. The molecule has 0 saturated carbocycles. The smallest absolute Gasteiger partial charge is 0.270 e. The van der Waals surface area contributed by atoms with Crippen LogP contribution in [0.4, 0.5) is 0 Å². The van der Waals surface area contributed by atoms with Crippen LogP contribution in [0.1, 0.15) is 20.8 Å². The number of amides is 2. The second-order valence-corrected chi connectivity index (χ2v) is 7.45. The number of nitrogens with one attached hydrogen (secondary N) is 2. The van der Waals surface area contributed by atoms with E-state index in [0.29, 0.717) is 30.9 Å². The van der Waals surface area contributed by atoms with Gasteiger partial charge in [0.1, 0.15) is 5.69 Å². The molecule has 0 radical (unpaired) electrons. The van der Waals surface area contributed by atoms with E-state index in [9.17, 15) is 9.59 Å². The van der Waals surface area contributed by atoms with E-state index >= 15 is 0 Å². The van der Waals surface area contributed by atoms with E-state index in [2.05, 4.69) is 15.2 Å². The highest BCUT2D eigenvalue weighted by Gasteiger charge is 2.23. The third-order valence-electron chi connectivity index (χ3n) is 4.92. The first kappa shape index (κ1) is 17.8. The van der Waals surface area contributed by atoms with Crippen molar-refractivity contribution >= 4 is 34.1 Å². The molecule has 0 bridgehead atoms. The van der Waals surface area contributed by atoms with E-state index in [-0.39, 0.29) is 11.8 Å². The summed E-state index contributed by atoms with van der Waals surface area (Å²) in [4.78, 5) is 32.1. The lowest BCUT2D eigenvalue weighted by Crippen LogP contribution is -2.50. The Kier molecular flexibility index (Phi) is 5.22. The van der Waals surface area contributed by atoms with Crippen molar-refractivity contribution in [2.45, 2.75) is 0 Å². The number of thiophene rings is 1. The van der Waals surface area contributed by atoms with Crippen LogP contribution >= 0.6 is 11.3 Å². The normalized spacial score (nSPS) is 15.2. The zero-order valence-electron chi connectivity index (χ0n) is 15.0. The first-order chi connectivity index (χ1) is 13.2. The number of para-hydroxylation sites is 1. The molecule has 3 heterocycles. The number of piperazine rings is 1. The minimum atomic E-state index is -0.0242. The van der Waals surface area contributed by atoms with Crippen LogP contribution in [0.2, 0.25) is 0 Å². The highest BCUT2D eigenvalue weighted by molar-refractivity contribution is 7.08. The molecule has 7 heteroatoms. The highest BCUT2D eigenvalue weighted by Crippen LogP contribution is 2.16. The number of rotatable bonds is 5. The zero-order chi connectivity index (χ0) is 18.6. The molecule has 3 aromatic rings. The molecule has 1 saturated heterocycles. The number of nitrogens with zero attached hydrogens (tertiary/aromatic N) is 2. The molecule has 0 aliphatic carbocycles. The van der Waals surface area contributed by atoms with Crippen LogP contribution in [0.5, 0.6) is 0 Å². The Morgan fingerprint density at radius 3 is 2.67 bits per heavy atom. The lowest BCUT2D eigenvalue weighted by Gasteiger charge is -2.34. The number of aromatic amines is 1. The van der Waals surface area contributed by atoms with Crippen LogP contribution in [0, 0.1) is 0 Å². The number of carbonyl (C=O) groups is 2. The molecular weight excluding hydrogens is 360 g/mol. The Hall–Kier alpha value is -2.64. The largest absolute Gasteiger partial charge is 0.351 e. The second-order valence-electron chi connectivity index (χ2n) is 6.67. The van der Waals surface area contributed by atoms with E-state index < -0.39 is 0 Å². The molecule has 0 spiro atoms. The summed E-state index contributed by atoms with van der Waals surface area (Å²) in [5.74, 6) is 0.0282. The Balaban J connectivity index is 1.25. The highest BCUT2D eigenvalue weighted by atomic mass is 32.1. The summed E-state index contributed by atoms with van der Waals surface area (Å²) in [6.07, 6.45) is 0. The third kappa shape index (κ3) is 4.04. The molecule has 4 rings (SSSR count).